The first-order valence-electron chi connectivity index (χ1n) is 7.42. The Morgan fingerprint density at radius 1 is 1.17 bits per heavy atom. The zero-order valence-electron chi connectivity index (χ0n) is 14.0. The Hall–Kier alpha value is -0.945. The van der Waals surface area contributed by atoms with Crippen LogP contribution in [0.5, 0.6) is 0 Å². The molecular weight excluding hydrogens is 322 g/mol. The maximum Gasteiger partial charge on any atom is 0.491 e. The van der Waals surface area contributed by atoms with Gasteiger partial charge in [0.05, 0.1) is 11.2 Å². The highest BCUT2D eigenvalue weighted by Gasteiger charge is 2.52. The lowest BCUT2D eigenvalue weighted by molar-refractivity contribution is 0.00578. The van der Waals surface area contributed by atoms with E-state index in [2.05, 4.69) is 5.32 Å². The number of benzene rings is 1. The summed E-state index contributed by atoms with van der Waals surface area (Å²) in [5.41, 5.74) is 0.138. The van der Waals surface area contributed by atoms with Crippen molar-refractivity contribution >= 4 is 24.8 Å². The lowest BCUT2D eigenvalue weighted by Gasteiger charge is -2.32. The fourth-order valence-electron chi connectivity index (χ4n) is 2.27. The van der Waals surface area contributed by atoms with Crippen molar-refractivity contribution in [3.05, 3.63) is 39.8 Å². The van der Waals surface area contributed by atoms with Gasteiger partial charge in [0.15, 0.2) is 0 Å². The number of hydrogen-bond acceptors (Lipinski definition) is 3. The van der Waals surface area contributed by atoms with Crippen molar-refractivity contribution in [1.29, 1.82) is 0 Å². The van der Waals surface area contributed by atoms with Crippen molar-refractivity contribution in [3.63, 3.8) is 0 Å². The van der Waals surface area contributed by atoms with Crippen LogP contribution < -0.4 is 5.32 Å². The molecule has 1 aromatic rings. The summed E-state index contributed by atoms with van der Waals surface area (Å²) in [6.45, 7) is 8.26. The molecule has 7 heteroatoms. The van der Waals surface area contributed by atoms with Crippen LogP contribution in [0.25, 0.3) is 6.08 Å². The molecule has 3 nitrogen and oxygen atoms in total. The third-order valence-corrected chi connectivity index (χ3v) is 4.66. The summed E-state index contributed by atoms with van der Waals surface area (Å²) in [6.07, 6.45) is 1.65. The van der Waals surface area contributed by atoms with E-state index in [0.717, 1.165) is 5.47 Å². The Morgan fingerprint density at radius 2 is 1.65 bits per heavy atom. The largest absolute Gasteiger partial charge is 0.491 e. The molecule has 1 aromatic carbocycles. The van der Waals surface area contributed by atoms with Crippen molar-refractivity contribution in [2.45, 2.75) is 38.9 Å². The normalized spacial score (nSPS) is 20.2. The summed E-state index contributed by atoms with van der Waals surface area (Å²) < 4.78 is 39.2. The molecule has 0 atom stereocenters. The smallest absolute Gasteiger partial charge is 0.400 e. The number of nitrogens with one attached hydrogen (secondary N) is 1. The minimum Gasteiger partial charge on any atom is -0.400 e. The highest BCUT2D eigenvalue weighted by atomic mass is 35.5. The van der Waals surface area contributed by atoms with Gasteiger partial charge in [-0.3, -0.25) is 0 Å². The molecule has 1 aliphatic heterocycles. The molecule has 1 aliphatic rings. The van der Waals surface area contributed by atoms with Gasteiger partial charge in [-0.05, 0) is 57.9 Å². The van der Waals surface area contributed by atoms with Crippen LogP contribution in [0.3, 0.4) is 0 Å². The summed E-state index contributed by atoms with van der Waals surface area (Å²) in [4.78, 5) is 0. The highest BCUT2D eigenvalue weighted by Crippen LogP contribution is 2.38. The van der Waals surface area contributed by atoms with Gasteiger partial charge in [0.2, 0.25) is 0 Å². The van der Waals surface area contributed by atoms with Gasteiger partial charge < -0.3 is 14.6 Å². The van der Waals surface area contributed by atoms with Gasteiger partial charge in [-0.2, -0.15) is 0 Å². The van der Waals surface area contributed by atoms with Crippen molar-refractivity contribution < 1.29 is 18.1 Å². The molecular formula is C16H21BClF2NO2. The predicted octanol–water partition coefficient (Wildman–Crippen LogP) is 3.85. The average Bonchev–Trinajstić information content (AvgIpc) is 2.64. The molecule has 2 rings (SSSR count). The quantitative estimate of drug-likeness (QED) is 0.665. The highest BCUT2D eigenvalue weighted by molar-refractivity contribution is 6.55. The Labute approximate surface area is 141 Å². The number of likely N-dealkylation sites (N-methyl/N-ethyl adjacent to an activating group) is 1. The number of halogens is 3. The maximum atomic E-state index is 13.6. The molecule has 1 saturated heterocycles. The molecule has 0 aromatic heterocycles. The summed E-state index contributed by atoms with van der Waals surface area (Å²) in [6, 6.07) is 2.37. The number of hydrogen-bond donors (Lipinski definition) is 1. The van der Waals surface area contributed by atoms with Gasteiger partial charge in [0.1, 0.15) is 16.7 Å². The minimum atomic E-state index is -0.796. The fraction of sp³-hybridized carbons (Fsp3) is 0.500. The molecule has 0 aliphatic carbocycles. The molecule has 0 spiro atoms. The lowest BCUT2D eigenvalue weighted by Crippen LogP contribution is -2.41. The maximum absolute atomic E-state index is 13.6. The predicted molar refractivity (Wildman–Crippen MR) is 89.4 cm³/mol. The second kappa shape index (κ2) is 6.51. The van der Waals surface area contributed by atoms with Crippen LogP contribution in [0.4, 0.5) is 8.78 Å². The van der Waals surface area contributed by atoms with E-state index >= 15 is 0 Å². The van der Waals surface area contributed by atoms with E-state index in [0.29, 0.717) is 12.1 Å². The van der Waals surface area contributed by atoms with Crippen molar-refractivity contribution in [2.24, 2.45) is 0 Å². The Kier molecular flexibility index (Phi) is 5.21. The molecule has 0 saturated carbocycles. The zero-order chi connectivity index (χ0) is 17.4. The third kappa shape index (κ3) is 3.77. The van der Waals surface area contributed by atoms with Crippen molar-refractivity contribution in [2.75, 3.05) is 13.6 Å². The average molecular weight is 344 g/mol. The van der Waals surface area contributed by atoms with Crippen molar-refractivity contribution in [3.8, 4) is 0 Å². The monoisotopic (exact) mass is 343 g/mol. The van der Waals surface area contributed by atoms with Gasteiger partial charge in [-0.25, -0.2) is 8.78 Å². The van der Waals surface area contributed by atoms with Gasteiger partial charge >= 0.3 is 7.12 Å². The van der Waals surface area contributed by atoms with E-state index in [1.165, 1.54) is 12.1 Å². The van der Waals surface area contributed by atoms with Crippen LogP contribution in [0.2, 0.25) is 5.02 Å². The van der Waals surface area contributed by atoms with Crippen LogP contribution in [0.15, 0.2) is 17.6 Å². The molecule has 126 valence electrons. The van der Waals surface area contributed by atoms with Gasteiger partial charge in [-0.1, -0.05) is 17.7 Å². The Balaban J connectivity index is 2.36. The molecule has 1 fully saturated rings. The van der Waals surface area contributed by atoms with Crippen LogP contribution in [0.1, 0.15) is 33.3 Å². The van der Waals surface area contributed by atoms with Crippen LogP contribution in [-0.2, 0) is 9.31 Å². The van der Waals surface area contributed by atoms with Gasteiger partial charge in [0.25, 0.3) is 0 Å². The van der Waals surface area contributed by atoms with E-state index < -0.39 is 35.0 Å². The first kappa shape index (κ1) is 18.4. The standard InChI is InChI=1S/C16H21BClF2NO2/c1-15(2)16(3,4)23-17(22-15)11(9-21-5)6-10-7-12(19)14(18)13(20)8-10/h6-8,21H,9H2,1-5H3. The van der Waals surface area contributed by atoms with E-state index in [-0.39, 0.29) is 0 Å². The third-order valence-electron chi connectivity index (χ3n) is 4.30. The number of rotatable bonds is 4. The van der Waals surface area contributed by atoms with E-state index in [9.17, 15) is 8.78 Å². The van der Waals surface area contributed by atoms with Crippen LogP contribution in [0, 0.1) is 11.6 Å². The van der Waals surface area contributed by atoms with Gasteiger partial charge in [-0.15, -0.1) is 0 Å². The topological polar surface area (TPSA) is 30.5 Å². The Bertz CT molecular complexity index is 596. The minimum absolute atomic E-state index is 0.365. The molecule has 0 amide bonds. The first-order chi connectivity index (χ1) is 10.6. The molecule has 1 N–H and O–H groups in total. The zero-order valence-corrected chi connectivity index (χ0v) is 14.7. The lowest BCUT2D eigenvalue weighted by atomic mass is 9.77. The SMILES string of the molecule is CNCC(=Cc1cc(F)c(Cl)c(F)c1)B1OC(C)(C)C(C)(C)O1. The molecule has 0 radical (unpaired) electrons. The summed E-state index contributed by atoms with van der Waals surface area (Å²) in [7, 11) is 1.19. The van der Waals surface area contributed by atoms with Crippen LogP contribution in [-0.4, -0.2) is 31.9 Å². The van der Waals surface area contributed by atoms with E-state index in [1.54, 1.807) is 13.1 Å². The Morgan fingerprint density at radius 3 is 2.09 bits per heavy atom. The molecule has 23 heavy (non-hydrogen) atoms. The van der Waals surface area contributed by atoms with Crippen LogP contribution >= 0.6 is 11.6 Å². The summed E-state index contributed by atoms with van der Waals surface area (Å²) >= 11 is 5.52. The molecule has 0 bridgehead atoms. The summed E-state index contributed by atoms with van der Waals surface area (Å²) in [5.74, 6) is -1.59. The van der Waals surface area contributed by atoms with Gasteiger partial charge in [0, 0.05) is 6.54 Å². The second-order valence-corrected chi connectivity index (χ2v) is 7.01. The van der Waals surface area contributed by atoms with E-state index in [4.69, 9.17) is 20.9 Å². The van der Waals surface area contributed by atoms with E-state index in [1.807, 2.05) is 27.7 Å². The fourth-order valence-corrected chi connectivity index (χ4v) is 2.38. The first-order valence-corrected chi connectivity index (χ1v) is 7.80. The molecule has 1 heterocycles. The second-order valence-electron chi connectivity index (χ2n) is 6.64. The molecule has 0 unspecified atom stereocenters. The van der Waals surface area contributed by atoms with Crippen molar-refractivity contribution in [1.82, 2.24) is 5.32 Å². The summed E-state index contributed by atoms with van der Waals surface area (Å²) in [5, 5.41) is 2.51.